The molecule has 1 amide bonds. The van der Waals surface area contributed by atoms with Gasteiger partial charge in [0.2, 0.25) is 15.9 Å². The Morgan fingerprint density at radius 1 is 1.24 bits per heavy atom. The van der Waals surface area contributed by atoms with E-state index in [9.17, 15) is 31.6 Å². The van der Waals surface area contributed by atoms with Gasteiger partial charge < -0.3 is 5.32 Å². The van der Waals surface area contributed by atoms with Gasteiger partial charge in [0.15, 0.2) is 0 Å². The number of piperidine rings is 1. The molecule has 1 aliphatic rings. The average Bonchev–Trinajstić information content (AvgIpc) is 2.77. The molecule has 1 aromatic carbocycles. The van der Waals surface area contributed by atoms with Gasteiger partial charge in [0.1, 0.15) is 11.1 Å². The first-order chi connectivity index (χ1) is 15.5. The predicted molar refractivity (Wildman–Crippen MR) is 117 cm³/mol. The van der Waals surface area contributed by atoms with Gasteiger partial charge >= 0.3 is 6.18 Å². The molecule has 7 nitrogen and oxygen atoms in total. The van der Waals surface area contributed by atoms with Gasteiger partial charge in [0.05, 0.1) is 21.8 Å². The van der Waals surface area contributed by atoms with Crippen molar-refractivity contribution >= 4 is 33.4 Å². The maximum absolute atomic E-state index is 13.2. The third-order valence-electron chi connectivity index (χ3n) is 4.94. The summed E-state index contributed by atoms with van der Waals surface area (Å²) < 4.78 is 66.8. The lowest BCUT2D eigenvalue weighted by atomic mass is 10.1. The van der Waals surface area contributed by atoms with Gasteiger partial charge in [-0.2, -0.15) is 22.7 Å². The highest BCUT2D eigenvalue weighted by atomic mass is 32.2. The summed E-state index contributed by atoms with van der Waals surface area (Å²) >= 11 is 0.704. The van der Waals surface area contributed by atoms with Crippen LogP contribution in [0, 0.1) is 18.3 Å². The smallest absolute Gasteiger partial charge is 0.325 e. The molecule has 3 rings (SSSR count). The number of thioether (sulfide) groups is 1. The topological polar surface area (TPSA) is 103 Å². The Balaban J connectivity index is 1.72. The molecular formula is C21H21F3N4O3S2. The van der Waals surface area contributed by atoms with E-state index < -0.39 is 33.2 Å². The summed E-state index contributed by atoms with van der Waals surface area (Å²) in [4.78, 5) is 16.4. The van der Waals surface area contributed by atoms with Crippen LogP contribution in [0.1, 0.15) is 36.1 Å². The van der Waals surface area contributed by atoms with Crippen molar-refractivity contribution in [1.29, 1.82) is 5.26 Å². The minimum absolute atomic E-state index is 0.0526. The summed E-state index contributed by atoms with van der Waals surface area (Å²) in [6.45, 7) is 2.26. The number of hydrogen-bond acceptors (Lipinski definition) is 6. The number of anilines is 1. The van der Waals surface area contributed by atoms with Crippen LogP contribution in [-0.2, 0) is 21.0 Å². The van der Waals surface area contributed by atoms with Crippen LogP contribution in [0.25, 0.3) is 0 Å². The number of carbonyl (C=O) groups excluding carboxylic acids is 1. The molecule has 0 bridgehead atoms. The second kappa shape index (κ2) is 10.1. The number of amides is 1. The van der Waals surface area contributed by atoms with Crippen molar-refractivity contribution in [3.05, 3.63) is 47.2 Å². The SMILES string of the molecule is Cc1cc(C(F)(F)F)c(C#N)c(SCC(=O)Nc2cccc(S(=O)(=O)N3CCCCC3)c2)n1. The van der Waals surface area contributed by atoms with E-state index in [1.165, 1.54) is 41.6 Å². The molecule has 1 N–H and O–H groups in total. The number of sulfonamides is 1. The second-order valence-corrected chi connectivity index (χ2v) is 10.3. The highest BCUT2D eigenvalue weighted by Crippen LogP contribution is 2.36. The number of benzene rings is 1. The van der Waals surface area contributed by atoms with E-state index in [1.54, 1.807) is 0 Å². The Hall–Kier alpha value is -2.62. The zero-order chi connectivity index (χ0) is 24.2. The second-order valence-electron chi connectivity index (χ2n) is 7.43. The van der Waals surface area contributed by atoms with E-state index in [0.29, 0.717) is 24.9 Å². The largest absolute Gasteiger partial charge is 0.417 e. The van der Waals surface area contributed by atoms with Gasteiger partial charge in [0, 0.05) is 24.5 Å². The van der Waals surface area contributed by atoms with Crippen LogP contribution < -0.4 is 5.32 Å². The fourth-order valence-corrected chi connectivity index (χ4v) is 5.81. The highest BCUT2D eigenvalue weighted by Gasteiger charge is 2.35. The van der Waals surface area contributed by atoms with Crippen molar-refractivity contribution in [3.8, 4) is 6.07 Å². The number of pyridine rings is 1. The number of carbonyl (C=O) groups is 1. The fourth-order valence-electron chi connectivity index (χ4n) is 3.40. The number of halogens is 3. The fraction of sp³-hybridized carbons (Fsp3) is 0.381. The van der Waals surface area contributed by atoms with E-state index in [2.05, 4.69) is 10.3 Å². The maximum atomic E-state index is 13.2. The van der Waals surface area contributed by atoms with Crippen molar-refractivity contribution < 1.29 is 26.4 Å². The van der Waals surface area contributed by atoms with Gasteiger partial charge in [-0.25, -0.2) is 13.4 Å². The molecule has 0 unspecified atom stereocenters. The molecule has 1 saturated heterocycles. The number of nitrogens with one attached hydrogen (secondary N) is 1. The Bertz CT molecular complexity index is 1190. The van der Waals surface area contributed by atoms with E-state index in [4.69, 9.17) is 0 Å². The number of rotatable bonds is 6. The molecule has 2 heterocycles. The first-order valence-corrected chi connectivity index (χ1v) is 12.5. The van der Waals surface area contributed by atoms with Gasteiger partial charge in [0.25, 0.3) is 0 Å². The first kappa shape index (κ1) is 25.0. The van der Waals surface area contributed by atoms with Crippen LogP contribution in [0.5, 0.6) is 0 Å². The standard InChI is InChI=1S/C21H21F3N4O3S2/c1-14-10-18(21(22,23)24)17(12-25)20(26-14)32-13-19(29)27-15-6-5-7-16(11-15)33(30,31)28-8-3-2-4-9-28/h5-7,10-11H,2-4,8-9,13H2,1H3,(H,27,29). The van der Waals surface area contributed by atoms with Crippen LogP contribution in [0.4, 0.5) is 18.9 Å². The summed E-state index contributed by atoms with van der Waals surface area (Å²) in [6.07, 6.45) is -2.16. The lowest BCUT2D eigenvalue weighted by Crippen LogP contribution is -2.35. The number of nitriles is 1. The van der Waals surface area contributed by atoms with E-state index in [0.717, 1.165) is 25.3 Å². The van der Waals surface area contributed by atoms with Crippen molar-refractivity contribution in [2.45, 2.75) is 42.3 Å². The van der Waals surface area contributed by atoms with Crippen LogP contribution in [0.15, 0.2) is 40.3 Å². The minimum atomic E-state index is -4.73. The van der Waals surface area contributed by atoms with Crippen LogP contribution in [-0.4, -0.2) is 42.5 Å². The summed E-state index contributed by atoms with van der Waals surface area (Å²) in [7, 11) is -3.68. The van der Waals surface area contributed by atoms with Crippen LogP contribution in [0.2, 0.25) is 0 Å². The lowest BCUT2D eigenvalue weighted by molar-refractivity contribution is -0.138. The molecule has 2 aromatic rings. The number of alkyl halides is 3. The molecule has 0 saturated carbocycles. The third-order valence-corrected chi connectivity index (χ3v) is 7.81. The molecule has 1 fully saturated rings. The monoisotopic (exact) mass is 498 g/mol. The molecule has 0 spiro atoms. The normalized spacial score (nSPS) is 15.1. The zero-order valence-corrected chi connectivity index (χ0v) is 19.3. The van der Waals surface area contributed by atoms with Gasteiger partial charge in [-0.15, -0.1) is 0 Å². The summed E-state index contributed by atoms with van der Waals surface area (Å²) in [6, 6.07) is 8.13. The zero-order valence-electron chi connectivity index (χ0n) is 17.6. The average molecular weight is 499 g/mol. The predicted octanol–water partition coefficient (Wildman–Crippen LogP) is 4.19. The maximum Gasteiger partial charge on any atom is 0.417 e. The Morgan fingerprint density at radius 2 is 1.94 bits per heavy atom. The molecule has 0 aliphatic carbocycles. The number of nitrogens with zero attached hydrogens (tertiary/aromatic N) is 3. The highest BCUT2D eigenvalue weighted by molar-refractivity contribution is 8.00. The number of aromatic nitrogens is 1. The number of aryl methyl sites for hydroxylation is 1. The summed E-state index contributed by atoms with van der Waals surface area (Å²) in [5.74, 6) is -0.890. The lowest BCUT2D eigenvalue weighted by Gasteiger charge is -2.26. The quantitative estimate of drug-likeness (QED) is 0.599. The van der Waals surface area contributed by atoms with Crippen molar-refractivity contribution in [3.63, 3.8) is 0 Å². The molecule has 12 heteroatoms. The summed E-state index contributed by atoms with van der Waals surface area (Å²) in [5, 5.41) is 11.6. The van der Waals surface area contributed by atoms with E-state index in [-0.39, 0.29) is 27.1 Å². The molecule has 1 aliphatic heterocycles. The van der Waals surface area contributed by atoms with E-state index >= 15 is 0 Å². The Morgan fingerprint density at radius 3 is 2.58 bits per heavy atom. The minimum Gasteiger partial charge on any atom is -0.325 e. The van der Waals surface area contributed by atoms with E-state index in [1.807, 2.05) is 0 Å². The van der Waals surface area contributed by atoms with Crippen LogP contribution in [0.3, 0.4) is 0 Å². The van der Waals surface area contributed by atoms with Gasteiger partial charge in [-0.3, -0.25) is 4.79 Å². The van der Waals surface area contributed by atoms with Gasteiger partial charge in [-0.05, 0) is 44.0 Å². The molecule has 0 atom stereocenters. The Labute approximate surface area is 194 Å². The molecule has 1 aromatic heterocycles. The van der Waals surface area contributed by atoms with Gasteiger partial charge in [-0.1, -0.05) is 24.2 Å². The van der Waals surface area contributed by atoms with Crippen molar-refractivity contribution in [2.75, 3.05) is 24.2 Å². The molecule has 33 heavy (non-hydrogen) atoms. The van der Waals surface area contributed by atoms with Crippen LogP contribution >= 0.6 is 11.8 Å². The third kappa shape index (κ3) is 6.04. The first-order valence-electron chi connectivity index (χ1n) is 10.0. The molecule has 0 radical (unpaired) electrons. The number of hydrogen-bond donors (Lipinski definition) is 1. The molecule has 176 valence electrons. The Kier molecular flexibility index (Phi) is 7.66. The van der Waals surface area contributed by atoms with Crippen molar-refractivity contribution in [1.82, 2.24) is 9.29 Å². The van der Waals surface area contributed by atoms with Crippen molar-refractivity contribution in [2.24, 2.45) is 0 Å². The summed E-state index contributed by atoms with van der Waals surface area (Å²) in [5.41, 5.74) is -1.43. The molecular weight excluding hydrogens is 477 g/mol.